The van der Waals surface area contributed by atoms with E-state index in [9.17, 15) is 14.4 Å². The number of thiophene rings is 1. The Kier molecular flexibility index (Phi) is 5.28. The summed E-state index contributed by atoms with van der Waals surface area (Å²) in [7, 11) is 0. The molecule has 0 bridgehead atoms. The monoisotopic (exact) mass is 357 g/mol. The van der Waals surface area contributed by atoms with Gasteiger partial charge in [0.1, 0.15) is 5.75 Å². The van der Waals surface area contributed by atoms with Crippen molar-refractivity contribution < 1.29 is 19.1 Å². The largest absolute Gasteiger partial charge is 0.426 e. The van der Waals surface area contributed by atoms with Crippen LogP contribution in [0.1, 0.15) is 39.8 Å². The maximum atomic E-state index is 12.4. The molecule has 25 heavy (non-hydrogen) atoms. The van der Waals surface area contributed by atoms with Crippen molar-refractivity contribution in [1.29, 1.82) is 0 Å². The van der Waals surface area contributed by atoms with Crippen LogP contribution in [0.3, 0.4) is 0 Å². The first kappa shape index (κ1) is 17.4. The Morgan fingerprint density at radius 3 is 2.56 bits per heavy atom. The number of esters is 1. The normalized spacial score (nSPS) is 17.2. The lowest BCUT2D eigenvalue weighted by Crippen LogP contribution is -2.43. The second kappa shape index (κ2) is 7.61. The van der Waals surface area contributed by atoms with Crippen LogP contribution in [0.5, 0.6) is 5.75 Å². The zero-order chi connectivity index (χ0) is 17.8. The highest BCUT2D eigenvalue weighted by Crippen LogP contribution is 2.23. The maximum Gasteiger partial charge on any atom is 0.316 e. The van der Waals surface area contributed by atoms with Crippen molar-refractivity contribution in [2.24, 2.45) is 5.92 Å². The van der Waals surface area contributed by atoms with Gasteiger partial charge in [-0.3, -0.25) is 14.4 Å². The number of Topliss-reactive ketones (excluding diaryl/α,β-unsaturated/α-hetero) is 1. The number of piperidine rings is 1. The van der Waals surface area contributed by atoms with Gasteiger partial charge < -0.3 is 9.64 Å². The molecule has 0 N–H and O–H groups in total. The third kappa shape index (κ3) is 4.14. The van der Waals surface area contributed by atoms with Gasteiger partial charge in [0.15, 0.2) is 5.78 Å². The van der Waals surface area contributed by atoms with Crippen molar-refractivity contribution in [3.8, 4) is 5.75 Å². The van der Waals surface area contributed by atoms with E-state index in [4.69, 9.17) is 4.74 Å². The van der Waals surface area contributed by atoms with E-state index in [2.05, 4.69) is 0 Å². The molecule has 1 aliphatic heterocycles. The summed E-state index contributed by atoms with van der Waals surface area (Å²) < 4.78 is 5.42. The smallest absolute Gasteiger partial charge is 0.316 e. The Hall–Kier alpha value is -2.47. The number of nitrogens with zero attached hydrogens (tertiary/aromatic N) is 1. The molecule has 1 saturated heterocycles. The van der Waals surface area contributed by atoms with Crippen LogP contribution in [0.15, 0.2) is 41.8 Å². The zero-order valence-corrected chi connectivity index (χ0v) is 14.8. The Morgan fingerprint density at radius 2 is 1.92 bits per heavy atom. The van der Waals surface area contributed by atoms with Crippen molar-refractivity contribution >= 4 is 29.0 Å². The lowest BCUT2D eigenvalue weighted by molar-refractivity contribution is -0.140. The van der Waals surface area contributed by atoms with Crippen LogP contribution in [0.2, 0.25) is 0 Å². The van der Waals surface area contributed by atoms with Gasteiger partial charge in [-0.25, -0.2) is 0 Å². The number of amides is 1. The van der Waals surface area contributed by atoms with Crippen LogP contribution in [-0.4, -0.2) is 35.6 Å². The van der Waals surface area contributed by atoms with Gasteiger partial charge in [0.05, 0.1) is 10.8 Å². The molecule has 1 unspecified atom stereocenters. The molecular formula is C19H19NO4S. The van der Waals surface area contributed by atoms with Crippen molar-refractivity contribution in [3.05, 3.63) is 52.2 Å². The summed E-state index contributed by atoms with van der Waals surface area (Å²) in [6.45, 7) is 2.52. The van der Waals surface area contributed by atoms with Crippen LogP contribution >= 0.6 is 11.3 Å². The SMILES string of the molecule is CC(=O)c1ccc(OC(=O)C2CCCN(C(=O)c3cccs3)C2)cc1. The van der Waals surface area contributed by atoms with Crippen molar-refractivity contribution in [1.82, 2.24) is 4.90 Å². The lowest BCUT2D eigenvalue weighted by Gasteiger charge is -2.31. The quantitative estimate of drug-likeness (QED) is 0.478. The van der Waals surface area contributed by atoms with Crippen LogP contribution < -0.4 is 4.74 Å². The number of rotatable bonds is 4. The molecule has 6 heteroatoms. The third-order valence-electron chi connectivity index (χ3n) is 4.25. The lowest BCUT2D eigenvalue weighted by atomic mass is 9.98. The molecular weight excluding hydrogens is 338 g/mol. The Morgan fingerprint density at radius 1 is 1.16 bits per heavy atom. The molecule has 1 atom stereocenters. The summed E-state index contributed by atoms with van der Waals surface area (Å²) in [5.74, 6) is -0.313. The standard InChI is InChI=1S/C19H19NO4S/c1-13(21)14-6-8-16(9-7-14)24-19(23)15-4-2-10-20(12-15)18(22)17-5-3-11-25-17/h3,5-9,11,15H,2,4,10,12H2,1H3. The molecule has 0 radical (unpaired) electrons. The average molecular weight is 357 g/mol. The highest BCUT2D eigenvalue weighted by molar-refractivity contribution is 7.12. The molecule has 2 aromatic rings. The first-order valence-electron chi connectivity index (χ1n) is 8.20. The molecule has 0 spiro atoms. The summed E-state index contributed by atoms with van der Waals surface area (Å²) in [4.78, 5) is 38.5. The number of ketones is 1. The summed E-state index contributed by atoms with van der Waals surface area (Å²) in [5, 5.41) is 1.87. The molecule has 130 valence electrons. The predicted octanol–water partition coefficient (Wildman–Crippen LogP) is 3.41. The first-order valence-corrected chi connectivity index (χ1v) is 9.08. The minimum Gasteiger partial charge on any atom is -0.426 e. The van der Waals surface area contributed by atoms with Crippen molar-refractivity contribution in [3.63, 3.8) is 0 Å². The number of hydrogen-bond donors (Lipinski definition) is 0. The summed E-state index contributed by atoms with van der Waals surface area (Å²) in [5.41, 5.74) is 0.574. The molecule has 5 nitrogen and oxygen atoms in total. The maximum absolute atomic E-state index is 12.4. The summed E-state index contributed by atoms with van der Waals surface area (Å²) in [6.07, 6.45) is 1.48. The molecule has 1 aromatic heterocycles. The average Bonchev–Trinajstić information content (AvgIpc) is 3.16. The number of hydrogen-bond acceptors (Lipinski definition) is 5. The molecule has 1 aromatic carbocycles. The minimum absolute atomic E-state index is 0.0293. The van der Waals surface area contributed by atoms with E-state index in [1.165, 1.54) is 18.3 Å². The Labute approximate surface area is 150 Å². The van der Waals surface area contributed by atoms with Gasteiger partial charge in [-0.1, -0.05) is 6.07 Å². The van der Waals surface area contributed by atoms with E-state index in [1.54, 1.807) is 35.2 Å². The fraction of sp³-hybridized carbons (Fsp3) is 0.316. The number of carbonyl (C=O) groups is 3. The van der Waals surface area contributed by atoms with Gasteiger partial charge in [-0.15, -0.1) is 11.3 Å². The van der Waals surface area contributed by atoms with E-state index in [-0.39, 0.29) is 23.6 Å². The molecule has 2 heterocycles. The third-order valence-corrected chi connectivity index (χ3v) is 5.11. The zero-order valence-electron chi connectivity index (χ0n) is 13.9. The van der Waals surface area contributed by atoms with Crippen LogP contribution in [0.25, 0.3) is 0 Å². The van der Waals surface area contributed by atoms with Crippen LogP contribution in [0, 0.1) is 5.92 Å². The van der Waals surface area contributed by atoms with E-state index >= 15 is 0 Å². The number of carbonyl (C=O) groups excluding carboxylic acids is 3. The Balaban J connectivity index is 1.61. The molecule has 1 aliphatic rings. The predicted molar refractivity (Wildman–Crippen MR) is 95.0 cm³/mol. The molecule has 1 fully saturated rings. The van der Waals surface area contributed by atoms with E-state index < -0.39 is 0 Å². The summed E-state index contributed by atoms with van der Waals surface area (Å²) >= 11 is 1.41. The van der Waals surface area contributed by atoms with Gasteiger partial charge >= 0.3 is 5.97 Å². The second-order valence-corrected chi connectivity index (χ2v) is 7.02. The number of likely N-dealkylation sites (tertiary alicyclic amines) is 1. The first-order chi connectivity index (χ1) is 12.0. The molecule has 0 aliphatic carbocycles. The fourth-order valence-electron chi connectivity index (χ4n) is 2.87. The molecule has 1 amide bonds. The minimum atomic E-state index is -0.334. The van der Waals surface area contributed by atoms with E-state index in [0.717, 1.165) is 6.42 Å². The van der Waals surface area contributed by atoms with Gasteiger partial charge in [-0.05, 0) is 55.5 Å². The van der Waals surface area contributed by atoms with Gasteiger partial charge in [0, 0.05) is 18.7 Å². The van der Waals surface area contributed by atoms with Gasteiger partial charge in [0.2, 0.25) is 0 Å². The highest BCUT2D eigenvalue weighted by Gasteiger charge is 2.30. The van der Waals surface area contributed by atoms with Crippen LogP contribution in [0.4, 0.5) is 0 Å². The number of benzene rings is 1. The van der Waals surface area contributed by atoms with Crippen molar-refractivity contribution in [2.75, 3.05) is 13.1 Å². The van der Waals surface area contributed by atoms with Crippen molar-refractivity contribution in [2.45, 2.75) is 19.8 Å². The van der Waals surface area contributed by atoms with Gasteiger partial charge in [-0.2, -0.15) is 0 Å². The highest BCUT2D eigenvalue weighted by atomic mass is 32.1. The fourth-order valence-corrected chi connectivity index (χ4v) is 3.56. The second-order valence-electron chi connectivity index (χ2n) is 6.07. The van der Waals surface area contributed by atoms with E-state index in [1.807, 2.05) is 11.4 Å². The van der Waals surface area contributed by atoms with Gasteiger partial charge in [0.25, 0.3) is 5.91 Å². The Bertz CT molecular complexity index is 767. The van der Waals surface area contributed by atoms with E-state index in [0.29, 0.717) is 35.7 Å². The van der Waals surface area contributed by atoms with Crippen LogP contribution in [-0.2, 0) is 4.79 Å². The number of ether oxygens (including phenoxy) is 1. The summed E-state index contributed by atoms with van der Waals surface area (Å²) in [6, 6.07) is 10.2. The molecule has 0 saturated carbocycles. The topological polar surface area (TPSA) is 63.7 Å². The molecule has 3 rings (SSSR count).